The van der Waals surface area contributed by atoms with E-state index in [2.05, 4.69) is 0 Å². The number of aliphatic carboxylic acids is 1. The van der Waals surface area contributed by atoms with Crippen molar-refractivity contribution >= 4 is 22.8 Å². The molecule has 0 aliphatic heterocycles. The lowest BCUT2D eigenvalue weighted by Gasteiger charge is -2.22. The predicted octanol–water partition coefficient (Wildman–Crippen LogP) is 2.68. The normalized spacial score (nSPS) is 12.3. The van der Waals surface area contributed by atoms with Crippen LogP contribution in [0.1, 0.15) is 29.5 Å². The maximum absolute atomic E-state index is 12.4. The number of para-hydroxylation sites is 1. The van der Waals surface area contributed by atoms with Gasteiger partial charge in [-0.2, -0.15) is 0 Å². The smallest absolute Gasteiger partial charge is 0.326 e. The minimum absolute atomic E-state index is 0.202. The van der Waals surface area contributed by atoms with Gasteiger partial charge in [0, 0.05) is 18.0 Å². The lowest BCUT2D eigenvalue weighted by molar-refractivity contribution is -0.142. The minimum Gasteiger partial charge on any atom is -0.480 e. The van der Waals surface area contributed by atoms with Gasteiger partial charge in [-0.15, -0.1) is 0 Å². The Balaban J connectivity index is 2.40. The molecular formula is C15H17NO4. The molecule has 20 heavy (non-hydrogen) atoms. The van der Waals surface area contributed by atoms with Crippen molar-refractivity contribution in [2.75, 3.05) is 7.05 Å². The van der Waals surface area contributed by atoms with Gasteiger partial charge < -0.3 is 14.4 Å². The zero-order chi connectivity index (χ0) is 14.9. The van der Waals surface area contributed by atoms with Crippen LogP contribution in [0.5, 0.6) is 0 Å². The fraction of sp³-hybridized carbons (Fsp3) is 0.333. The number of aryl methyl sites for hydroxylation is 1. The summed E-state index contributed by atoms with van der Waals surface area (Å²) in [5, 5.41) is 9.99. The molecule has 0 saturated heterocycles. The van der Waals surface area contributed by atoms with Crippen LogP contribution in [0, 0.1) is 6.92 Å². The number of rotatable bonds is 4. The summed E-state index contributed by atoms with van der Waals surface area (Å²) in [6, 6.07) is 6.51. The summed E-state index contributed by atoms with van der Waals surface area (Å²) in [6.07, 6.45) is 0.344. The van der Waals surface area contributed by atoms with Gasteiger partial charge >= 0.3 is 5.97 Å². The molecule has 5 nitrogen and oxygen atoms in total. The van der Waals surface area contributed by atoms with E-state index >= 15 is 0 Å². The van der Waals surface area contributed by atoms with E-state index in [4.69, 9.17) is 9.52 Å². The summed E-state index contributed by atoms with van der Waals surface area (Å²) in [5.41, 5.74) is 1.36. The van der Waals surface area contributed by atoms with Crippen molar-refractivity contribution in [1.29, 1.82) is 0 Å². The zero-order valence-corrected chi connectivity index (χ0v) is 11.7. The van der Waals surface area contributed by atoms with Crippen molar-refractivity contribution in [2.24, 2.45) is 0 Å². The highest BCUT2D eigenvalue weighted by atomic mass is 16.4. The molecule has 0 spiro atoms. The molecule has 1 heterocycles. The molecule has 0 aliphatic carbocycles. The van der Waals surface area contributed by atoms with Crippen molar-refractivity contribution in [3.8, 4) is 0 Å². The molecule has 0 radical (unpaired) electrons. The standard InChI is InChI=1S/C15H17NO4/c1-4-11(15(18)19)16(3)14(17)13-9(2)10-7-5-6-8-12(10)20-13/h5-8,11H,4H2,1-3H3,(H,18,19). The third-order valence-electron chi connectivity index (χ3n) is 3.50. The van der Waals surface area contributed by atoms with Gasteiger partial charge in [0.1, 0.15) is 11.6 Å². The minimum atomic E-state index is -1.02. The number of hydrogen-bond acceptors (Lipinski definition) is 3. The van der Waals surface area contributed by atoms with Crippen molar-refractivity contribution in [1.82, 2.24) is 4.90 Å². The van der Waals surface area contributed by atoms with Crippen molar-refractivity contribution < 1.29 is 19.1 Å². The highest BCUT2D eigenvalue weighted by Crippen LogP contribution is 2.26. The molecule has 1 atom stereocenters. The number of amides is 1. The highest BCUT2D eigenvalue weighted by molar-refractivity contribution is 6.00. The quantitative estimate of drug-likeness (QED) is 0.931. The molecular weight excluding hydrogens is 258 g/mol. The van der Waals surface area contributed by atoms with Crippen LogP contribution in [0.3, 0.4) is 0 Å². The first-order valence-corrected chi connectivity index (χ1v) is 6.45. The number of nitrogens with zero attached hydrogens (tertiary/aromatic N) is 1. The number of carbonyl (C=O) groups excluding carboxylic acids is 1. The molecule has 1 unspecified atom stereocenters. The SMILES string of the molecule is CCC(C(=O)O)N(C)C(=O)c1oc2ccccc2c1C. The number of benzene rings is 1. The molecule has 2 aromatic rings. The van der Waals surface area contributed by atoms with E-state index in [-0.39, 0.29) is 5.76 Å². The van der Waals surface area contributed by atoms with Gasteiger partial charge in [-0.05, 0) is 19.4 Å². The Labute approximate surface area is 116 Å². The first-order chi connectivity index (χ1) is 9.47. The Morgan fingerprint density at radius 3 is 2.55 bits per heavy atom. The molecule has 5 heteroatoms. The monoisotopic (exact) mass is 275 g/mol. The van der Waals surface area contributed by atoms with Crippen molar-refractivity contribution in [3.63, 3.8) is 0 Å². The molecule has 1 aromatic carbocycles. The Bertz CT molecular complexity index is 659. The van der Waals surface area contributed by atoms with E-state index in [9.17, 15) is 9.59 Å². The Morgan fingerprint density at radius 1 is 1.35 bits per heavy atom. The lowest BCUT2D eigenvalue weighted by atomic mass is 10.1. The predicted molar refractivity (Wildman–Crippen MR) is 74.8 cm³/mol. The highest BCUT2D eigenvalue weighted by Gasteiger charge is 2.29. The molecule has 2 rings (SSSR count). The Hall–Kier alpha value is -2.30. The molecule has 0 fully saturated rings. The van der Waals surface area contributed by atoms with Crippen LogP contribution in [0.15, 0.2) is 28.7 Å². The van der Waals surface area contributed by atoms with E-state index in [1.807, 2.05) is 18.2 Å². The van der Waals surface area contributed by atoms with Crippen LogP contribution in [-0.4, -0.2) is 35.0 Å². The second-order valence-corrected chi connectivity index (χ2v) is 4.73. The fourth-order valence-electron chi connectivity index (χ4n) is 2.29. The van der Waals surface area contributed by atoms with Crippen molar-refractivity contribution in [2.45, 2.75) is 26.3 Å². The average Bonchev–Trinajstić information content (AvgIpc) is 2.76. The van der Waals surface area contributed by atoms with E-state index in [0.717, 1.165) is 10.9 Å². The number of furan rings is 1. The van der Waals surface area contributed by atoms with Gasteiger partial charge in [0.15, 0.2) is 5.76 Å². The van der Waals surface area contributed by atoms with E-state index < -0.39 is 17.9 Å². The van der Waals surface area contributed by atoms with Crippen LogP contribution in [-0.2, 0) is 4.79 Å². The molecule has 1 aromatic heterocycles. The van der Waals surface area contributed by atoms with E-state index in [0.29, 0.717) is 12.0 Å². The fourth-order valence-corrected chi connectivity index (χ4v) is 2.29. The van der Waals surface area contributed by atoms with Crippen molar-refractivity contribution in [3.05, 3.63) is 35.6 Å². The first-order valence-electron chi connectivity index (χ1n) is 6.45. The molecule has 1 amide bonds. The number of carbonyl (C=O) groups is 2. The second-order valence-electron chi connectivity index (χ2n) is 4.73. The molecule has 1 N–H and O–H groups in total. The third-order valence-corrected chi connectivity index (χ3v) is 3.50. The van der Waals surface area contributed by atoms with Crippen LogP contribution in [0.25, 0.3) is 11.0 Å². The summed E-state index contributed by atoms with van der Waals surface area (Å²) >= 11 is 0. The average molecular weight is 275 g/mol. The van der Waals surface area contributed by atoms with Crippen LogP contribution in [0.4, 0.5) is 0 Å². The van der Waals surface area contributed by atoms with E-state index in [1.54, 1.807) is 19.9 Å². The van der Waals surface area contributed by atoms with Crippen LogP contribution in [0.2, 0.25) is 0 Å². The molecule has 106 valence electrons. The van der Waals surface area contributed by atoms with Gasteiger partial charge in [0.25, 0.3) is 5.91 Å². The zero-order valence-electron chi connectivity index (χ0n) is 11.7. The number of carboxylic acid groups (broad SMARTS) is 1. The second kappa shape index (κ2) is 5.36. The Morgan fingerprint density at radius 2 is 2.00 bits per heavy atom. The van der Waals surface area contributed by atoms with Crippen LogP contribution >= 0.6 is 0 Å². The maximum atomic E-state index is 12.4. The largest absolute Gasteiger partial charge is 0.480 e. The third kappa shape index (κ3) is 2.27. The first kappa shape index (κ1) is 14.1. The topological polar surface area (TPSA) is 70.8 Å². The lowest BCUT2D eigenvalue weighted by Crippen LogP contribution is -2.42. The Kier molecular flexibility index (Phi) is 3.79. The van der Waals surface area contributed by atoms with Crippen LogP contribution < -0.4 is 0 Å². The number of carboxylic acids is 1. The summed E-state index contributed by atoms with van der Waals surface area (Å²) in [7, 11) is 1.48. The molecule has 0 saturated carbocycles. The maximum Gasteiger partial charge on any atom is 0.326 e. The summed E-state index contributed by atoms with van der Waals surface area (Å²) in [5.74, 6) is -1.22. The van der Waals surface area contributed by atoms with E-state index in [1.165, 1.54) is 11.9 Å². The number of hydrogen-bond donors (Lipinski definition) is 1. The van der Waals surface area contributed by atoms with Gasteiger partial charge in [-0.25, -0.2) is 4.79 Å². The number of fused-ring (bicyclic) bond motifs is 1. The molecule has 0 aliphatic rings. The molecule has 0 bridgehead atoms. The summed E-state index contributed by atoms with van der Waals surface area (Å²) < 4.78 is 5.57. The number of likely N-dealkylation sites (N-methyl/N-ethyl adjacent to an activating group) is 1. The summed E-state index contributed by atoms with van der Waals surface area (Å²) in [4.78, 5) is 24.8. The summed E-state index contributed by atoms with van der Waals surface area (Å²) in [6.45, 7) is 3.53. The van der Waals surface area contributed by atoms with Gasteiger partial charge in [-0.3, -0.25) is 4.79 Å². The van der Waals surface area contributed by atoms with Gasteiger partial charge in [0.2, 0.25) is 0 Å². The van der Waals surface area contributed by atoms with Gasteiger partial charge in [0.05, 0.1) is 0 Å². The van der Waals surface area contributed by atoms with Gasteiger partial charge in [-0.1, -0.05) is 25.1 Å².